The molecule has 2 aliphatic heterocycles. The molecule has 0 bridgehead atoms. The van der Waals surface area contributed by atoms with Crippen LogP contribution in [0.2, 0.25) is 0 Å². The minimum Gasteiger partial charge on any atom is -0.496 e. The second-order valence-electron chi connectivity index (χ2n) is 6.57. The Morgan fingerprint density at radius 1 is 1.21 bits per heavy atom. The number of aliphatic hydroxyl groups excluding tert-OH is 1. The predicted molar refractivity (Wildman–Crippen MR) is 95.1 cm³/mol. The molecule has 0 saturated carbocycles. The van der Waals surface area contributed by atoms with Gasteiger partial charge in [-0.1, -0.05) is 0 Å². The van der Waals surface area contributed by atoms with Crippen LogP contribution in [0.25, 0.3) is 0 Å². The molecule has 4 rings (SSSR count). The van der Waals surface area contributed by atoms with Gasteiger partial charge in [-0.2, -0.15) is 0 Å². The van der Waals surface area contributed by atoms with Crippen LogP contribution in [0.15, 0.2) is 18.2 Å². The average molecular weight is 345 g/mol. The lowest BCUT2D eigenvalue weighted by Gasteiger charge is -2.41. The number of hydrogen-bond donors (Lipinski definition) is 1. The molecule has 1 aromatic heterocycles. The van der Waals surface area contributed by atoms with E-state index in [2.05, 4.69) is 11.0 Å². The Kier molecular flexibility index (Phi) is 4.03. The van der Waals surface area contributed by atoms with Crippen LogP contribution in [0.1, 0.15) is 45.5 Å². The van der Waals surface area contributed by atoms with E-state index >= 15 is 0 Å². The second kappa shape index (κ2) is 6.06. The molecule has 0 saturated heterocycles. The van der Waals surface area contributed by atoms with Gasteiger partial charge in [-0.05, 0) is 43.5 Å². The summed E-state index contributed by atoms with van der Waals surface area (Å²) >= 11 is 1.77. The molecule has 0 fully saturated rings. The second-order valence-corrected chi connectivity index (χ2v) is 7.74. The molecule has 2 unspecified atom stereocenters. The fourth-order valence-corrected chi connectivity index (χ4v) is 5.15. The van der Waals surface area contributed by atoms with Crippen molar-refractivity contribution in [3.8, 4) is 11.5 Å². The van der Waals surface area contributed by atoms with E-state index in [0.29, 0.717) is 6.04 Å². The third-order valence-electron chi connectivity index (χ3n) is 5.24. The minimum atomic E-state index is -0.389. The van der Waals surface area contributed by atoms with Crippen molar-refractivity contribution in [2.24, 2.45) is 0 Å². The highest BCUT2D eigenvalue weighted by Crippen LogP contribution is 2.46. The molecule has 2 aromatic rings. The number of rotatable bonds is 3. The van der Waals surface area contributed by atoms with Crippen molar-refractivity contribution in [2.45, 2.75) is 38.5 Å². The van der Waals surface area contributed by atoms with Crippen LogP contribution >= 0.6 is 11.3 Å². The van der Waals surface area contributed by atoms with Gasteiger partial charge in [0.1, 0.15) is 11.5 Å². The quantitative estimate of drug-likeness (QED) is 0.925. The molecule has 2 aliphatic rings. The normalized spacial score (nSPS) is 20.8. The molecular weight excluding hydrogens is 322 g/mol. The van der Waals surface area contributed by atoms with Crippen LogP contribution in [0.3, 0.4) is 0 Å². The van der Waals surface area contributed by atoms with Gasteiger partial charge in [-0.3, -0.25) is 4.90 Å². The minimum absolute atomic E-state index is 0.367. The Hall–Kier alpha value is -1.56. The molecule has 3 heterocycles. The first-order chi connectivity index (χ1) is 11.6. The fraction of sp³-hybridized carbons (Fsp3) is 0.474. The lowest BCUT2D eigenvalue weighted by Crippen LogP contribution is -2.39. The van der Waals surface area contributed by atoms with Gasteiger partial charge in [0, 0.05) is 40.0 Å². The lowest BCUT2D eigenvalue weighted by atomic mass is 9.86. The van der Waals surface area contributed by atoms with Gasteiger partial charge in [-0.15, -0.1) is 11.3 Å². The summed E-state index contributed by atoms with van der Waals surface area (Å²) in [5, 5.41) is 9.94. The van der Waals surface area contributed by atoms with E-state index in [0.717, 1.165) is 42.3 Å². The maximum Gasteiger partial charge on any atom is 0.123 e. The summed E-state index contributed by atoms with van der Waals surface area (Å²) in [6.07, 6.45) is 1.60. The SMILES string of the molecule is COc1ccc(OC)c2c1CC1c3cc(C(C)O)sc3CCN1C2. The van der Waals surface area contributed by atoms with Crippen molar-refractivity contribution in [2.75, 3.05) is 20.8 Å². The van der Waals surface area contributed by atoms with E-state index in [1.807, 2.05) is 19.1 Å². The predicted octanol–water partition coefficient (Wildman–Crippen LogP) is 3.47. The van der Waals surface area contributed by atoms with E-state index in [-0.39, 0.29) is 6.10 Å². The van der Waals surface area contributed by atoms with Gasteiger partial charge < -0.3 is 14.6 Å². The van der Waals surface area contributed by atoms with Crippen LogP contribution in [-0.4, -0.2) is 30.8 Å². The Bertz CT molecular complexity index is 768. The van der Waals surface area contributed by atoms with Gasteiger partial charge in [0.05, 0.1) is 20.3 Å². The Morgan fingerprint density at radius 3 is 2.58 bits per heavy atom. The van der Waals surface area contributed by atoms with Crippen LogP contribution in [0, 0.1) is 0 Å². The summed E-state index contributed by atoms with van der Waals surface area (Å²) in [4.78, 5) is 5.04. The molecule has 5 heteroatoms. The van der Waals surface area contributed by atoms with Gasteiger partial charge in [0.15, 0.2) is 0 Å². The van der Waals surface area contributed by atoms with Crippen LogP contribution in [0.5, 0.6) is 11.5 Å². The number of methoxy groups -OCH3 is 2. The summed E-state index contributed by atoms with van der Waals surface area (Å²) in [5.74, 6) is 1.90. The summed E-state index contributed by atoms with van der Waals surface area (Å²) < 4.78 is 11.2. The number of aliphatic hydroxyl groups is 1. The van der Waals surface area contributed by atoms with Crippen LogP contribution < -0.4 is 9.47 Å². The van der Waals surface area contributed by atoms with Gasteiger partial charge >= 0.3 is 0 Å². The third kappa shape index (κ3) is 2.42. The third-order valence-corrected chi connectivity index (χ3v) is 6.62. The molecule has 2 atom stereocenters. The average Bonchev–Trinajstić information content (AvgIpc) is 3.04. The Balaban J connectivity index is 1.77. The molecule has 0 aliphatic carbocycles. The number of hydrogen-bond acceptors (Lipinski definition) is 5. The van der Waals surface area contributed by atoms with Crippen molar-refractivity contribution in [1.29, 1.82) is 0 Å². The molecule has 128 valence electrons. The van der Waals surface area contributed by atoms with Crippen molar-refractivity contribution in [3.63, 3.8) is 0 Å². The summed E-state index contributed by atoms with van der Waals surface area (Å²) in [6, 6.07) is 6.58. The first-order valence-corrected chi connectivity index (χ1v) is 9.21. The maximum atomic E-state index is 9.94. The molecule has 0 spiro atoms. The Morgan fingerprint density at radius 2 is 1.92 bits per heavy atom. The molecule has 4 nitrogen and oxygen atoms in total. The largest absolute Gasteiger partial charge is 0.496 e. The monoisotopic (exact) mass is 345 g/mol. The first-order valence-electron chi connectivity index (χ1n) is 8.39. The van der Waals surface area contributed by atoms with Crippen molar-refractivity contribution < 1.29 is 14.6 Å². The molecule has 0 radical (unpaired) electrons. The van der Waals surface area contributed by atoms with Crippen molar-refractivity contribution >= 4 is 11.3 Å². The molecule has 1 N–H and O–H groups in total. The standard InChI is InChI=1S/C19H23NO3S/c1-11(21)19-9-13-15-8-12-14(10-20(15)7-6-18(13)24-19)17(23-3)5-4-16(12)22-2/h4-5,9,11,15,21H,6-8,10H2,1-3H3. The van der Waals surface area contributed by atoms with Gasteiger partial charge in [-0.25, -0.2) is 0 Å². The molecular formula is C19H23NO3S. The fourth-order valence-electron chi connectivity index (χ4n) is 4.00. The summed E-state index contributed by atoms with van der Waals surface area (Å²) in [5.41, 5.74) is 3.90. The number of nitrogens with zero attached hydrogens (tertiary/aromatic N) is 1. The highest BCUT2D eigenvalue weighted by molar-refractivity contribution is 7.12. The number of thiophene rings is 1. The highest BCUT2D eigenvalue weighted by atomic mass is 32.1. The molecule has 0 amide bonds. The van der Waals surface area contributed by atoms with Gasteiger partial charge in [0.2, 0.25) is 0 Å². The van der Waals surface area contributed by atoms with E-state index in [9.17, 15) is 5.11 Å². The first kappa shape index (κ1) is 15.9. The highest BCUT2D eigenvalue weighted by Gasteiger charge is 2.36. The zero-order chi connectivity index (χ0) is 16.8. The van der Waals surface area contributed by atoms with Crippen LogP contribution in [-0.2, 0) is 19.4 Å². The van der Waals surface area contributed by atoms with Gasteiger partial charge in [0.25, 0.3) is 0 Å². The number of fused-ring (bicyclic) bond motifs is 4. The number of ether oxygens (including phenoxy) is 2. The summed E-state index contributed by atoms with van der Waals surface area (Å²) in [6.45, 7) is 3.79. The summed E-state index contributed by atoms with van der Waals surface area (Å²) in [7, 11) is 3.47. The maximum absolute atomic E-state index is 9.94. The topological polar surface area (TPSA) is 41.9 Å². The van der Waals surface area contributed by atoms with E-state index in [1.165, 1.54) is 21.6 Å². The van der Waals surface area contributed by atoms with Crippen LogP contribution in [0.4, 0.5) is 0 Å². The Labute approximate surface area is 146 Å². The van der Waals surface area contributed by atoms with Crippen molar-refractivity contribution in [1.82, 2.24) is 4.90 Å². The van der Waals surface area contributed by atoms with Crippen molar-refractivity contribution in [3.05, 3.63) is 44.6 Å². The van der Waals surface area contributed by atoms with E-state index in [1.54, 1.807) is 25.6 Å². The van der Waals surface area contributed by atoms with E-state index < -0.39 is 0 Å². The molecule has 1 aromatic carbocycles. The number of benzene rings is 1. The van der Waals surface area contributed by atoms with E-state index in [4.69, 9.17) is 9.47 Å². The zero-order valence-electron chi connectivity index (χ0n) is 14.3. The lowest BCUT2D eigenvalue weighted by molar-refractivity contribution is 0.158. The smallest absolute Gasteiger partial charge is 0.123 e. The molecule has 24 heavy (non-hydrogen) atoms. The zero-order valence-corrected chi connectivity index (χ0v) is 15.2.